The number of fused-ring (bicyclic) bond motifs is 1. The van der Waals surface area contributed by atoms with Crippen LogP contribution < -0.4 is 10.1 Å². The van der Waals surface area contributed by atoms with Crippen molar-refractivity contribution in [1.82, 2.24) is 10.2 Å². The van der Waals surface area contributed by atoms with Crippen LogP contribution in [0.2, 0.25) is 0 Å². The van der Waals surface area contributed by atoms with E-state index in [-0.39, 0.29) is 12.0 Å². The second-order valence-electron chi connectivity index (χ2n) is 5.69. The minimum absolute atomic E-state index is 0.0824. The van der Waals surface area contributed by atoms with Crippen LogP contribution in [-0.4, -0.2) is 56.3 Å². The van der Waals surface area contributed by atoms with Crippen molar-refractivity contribution >= 4 is 5.91 Å². The molecule has 2 aliphatic rings. The summed E-state index contributed by atoms with van der Waals surface area (Å²) in [4.78, 5) is 14.6. The van der Waals surface area contributed by atoms with Crippen LogP contribution in [-0.2, 0) is 4.74 Å². The zero-order valence-corrected chi connectivity index (χ0v) is 12.4. The van der Waals surface area contributed by atoms with E-state index in [2.05, 4.69) is 10.2 Å². The Bertz CT molecular complexity index is 506. The van der Waals surface area contributed by atoms with Crippen LogP contribution in [0.4, 0.5) is 0 Å². The van der Waals surface area contributed by atoms with E-state index in [4.69, 9.17) is 9.47 Å². The summed E-state index contributed by atoms with van der Waals surface area (Å²) in [5.41, 5.74) is 0.615. The van der Waals surface area contributed by atoms with Gasteiger partial charge in [0.15, 0.2) is 0 Å². The smallest absolute Gasteiger partial charge is 0.251 e. The molecule has 2 atom stereocenters. The molecule has 3 rings (SSSR count). The van der Waals surface area contributed by atoms with Crippen molar-refractivity contribution in [2.24, 2.45) is 0 Å². The Labute approximate surface area is 125 Å². The molecule has 0 aliphatic carbocycles. The van der Waals surface area contributed by atoms with Gasteiger partial charge in [0, 0.05) is 24.7 Å². The van der Waals surface area contributed by atoms with Crippen molar-refractivity contribution in [2.75, 3.05) is 33.4 Å². The van der Waals surface area contributed by atoms with Crippen molar-refractivity contribution in [3.63, 3.8) is 0 Å². The lowest BCUT2D eigenvalue weighted by atomic mass is 10.1. The van der Waals surface area contributed by atoms with E-state index in [0.717, 1.165) is 19.7 Å². The third kappa shape index (κ3) is 3.36. The van der Waals surface area contributed by atoms with E-state index in [1.165, 1.54) is 12.8 Å². The number of hydrogen-bond acceptors (Lipinski definition) is 4. The monoisotopic (exact) mass is 290 g/mol. The lowest BCUT2D eigenvalue weighted by Gasteiger charge is -2.35. The number of rotatable bonds is 4. The molecule has 21 heavy (non-hydrogen) atoms. The summed E-state index contributed by atoms with van der Waals surface area (Å²) >= 11 is 0. The highest BCUT2D eigenvalue weighted by Crippen LogP contribution is 2.22. The molecule has 0 unspecified atom stereocenters. The highest BCUT2D eigenvalue weighted by Gasteiger charge is 2.32. The van der Waals surface area contributed by atoms with Gasteiger partial charge in [-0.15, -0.1) is 0 Å². The molecule has 2 heterocycles. The summed E-state index contributed by atoms with van der Waals surface area (Å²) in [6, 6.07) is 7.77. The molecular weight excluding hydrogens is 268 g/mol. The molecule has 1 amide bonds. The quantitative estimate of drug-likeness (QED) is 0.908. The molecule has 5 nitrogen and oxygen atoms in total. The van der Waals surface area contributed by atoms with Gasteiger partial charge in [0.05, 0.1) is 19.8 Å². The number of carbonyl (C=O) groups is 1. The first-order valence-electron chi connectivity index (χ1n) is 7.54. The van der Waals surface area contributed by atoms with Gasteiger partial charge in [-0.2, -0.15) is 0 Å². The third-order valence-electron chi connectivity index (χ3n) is 4.28. The molecule has 1 N–H and O–H groups in total. The fraction of sp³-hybridized carbons (Fsp3) is 0.562. The lowest BCUT2D eigenvalue weighted by Crippen LogP contribution is -2.50. The minimum Gasteiger partial charge on any atom is -0.497 e. The average molecular weight is 290 g/mol. The second kappa shape index (κ2) is 6.45. The largest absolute Gasteiger partial charge is 0.497 e. The van der Waals surface area contributed by atoms with Crippen molar-refractivity contribution in [2.45, 2.75) is 25.0 Å². The predicted octanol–water partition coefficient (Wildman–Crippen LogP) is 1.29. The molecule has 0 spiro atoms. The maximum absolute atomic E-state index is 12.1. The van der Waals surface area contributed by atoms with Crippen molar-refractivity contribution in [1.29, 1.82) is 0 Å². The number of ether oxygens (including phenoxy) is 2. The minimum atomic E-state index is -0.0824. The number of amides is 1. The molecule has 0 bridgehead atoms. The number of nitrogens with zero attached hydrogens (tertiary/aromatic N) is 1. The van der Waals surface area contributed by atoms with Crippen LogP contribution in [0.1, 0.15) is 23.2 Å². The molecular formula is C16H22N2O3. The van der Waals surface area contributed by atoms with Crippen LogP contribution in [0.15, 0.2) is 24.3 Å². The Morgan fingerprint density at radius 1 is 1.52 bits per heavy atom. The van der Waals surface area contributed by atoms with Gasteiger partial charge in [0.1, 0.15) is 5.75 Å². The first-order valence-corrected chi connectivity index (χ1v) is 7.54. The molecule has 2 saturated heterocycles. The zero-order chi connectivity index (χ0) is 14.7. The number of methoxy groups -OCH3 is 1. The van der Waals surface area contributed by atoms with Gasteiger partial charge in [-0.3, -0.25) is 9.69 Å². The summed E-state index contributed by atoms with van der Waals surface area (Å²) in [6.45, 7) is 3.43. The SMILES string of the molecule is COc1cccc(C(=O)NC[C@@H]2CN3CCC[C@H]3CO2)c1. The topological polar surface area (TPSA) is 50.8 Å². The molecule has 2 aliphatic heterocycles. The van der Waals surface area contributed by atoms with Crippen LogP contribution in [0.3, 0.4) is 0 Å². The number of morpholine rings is 1. The molecule has 5 heteroatoms. The van der Waals surface area contributed by atoms with Gasteiger partial charge < -0.3 is 14.8 Å². The fourth-order valence-electron chi connectivity index (χ4n) is 3.08. The van der Waals surface area contributed by atoms with Crippen LogP contribution in [0.25, 0.3) is 0 Å². The molecule has 114 valence electrons. The first kappa shape index (κ1) is 14.4. The van der Waals surface area contributed by atoms with Gasteiger partial charge in [-0.05, 0) is 37.6 Å². The summed E-state index contributed by atoms with van der Waals surface area (Å²) in [5.74, 6) is 0.609. The molecule has 1 aromatic carbocycles. The van der Waals surface area contributed by atoms with Crippen molar-refractivity contribution in [3.05, 3.63) is 29.8 Å². The predicted molar refractivity (Wildman–Crippen MR) is 79.7 cm³/mol. The highest BCUT2D eigenvalue weighted by molar-refractivity contribution is 5.94. The molecule has 0 aromatic heterocycles. The Balaban J connectivity index is 1.51. The number of carbonyl (C=O) groups excluding carboxylic acids is 1. The Kier molecular flexibility index (Phi) is 4.41. The van der Waals surface area contributed by atoms with Gasteiger partial charge in [-0.1, -0.05) is 6.07 Å². The second-order valence-corrected chi connectivity index (χ2v) is 5.69. The number of benzene rings is 1. The van der Waals surface area contributed by atoms with E-state index in [1.54, 1.807) is 19.2 Å². The summed E-state index contributed by atoms with van der Waals surface area (Å²) < 4.78 is 11.0. The normalized spacial score (nSPS) is 25.4. The Hall–Kier alpha value is -1.59. The average Bonchev–Trinajstić information content (AvgIpc) is 3.00. The van der Waals surface area contributed by atoms with Gasteiger partial charge >= 0.3 is 0 Å². The summed E-state index contributed by atoms with van der Waals surface area (Å²) in [6.07, 6.45) is 2.59. The fourth-order valence-corrected chi connectivity index (χ4v) is 3.08. The number of hydrogen-bond donors (Lipinski definition) is 1. The first-order chi connectivity index (χ1) is 10.3. The van der Waals surface area contributed by atoms with Gasteiger partial charge in [0.2, 0.25) is 0 Å². The van der Waals surface area contributed by atoms with Crippen molar-refractivity contribution < 1.29 is 14.3 Å². The maximum Gasteiger partial charge on any atom is 0.251 e. The van der Waals surface area contributed by atoms with Crippen LogP contribution in [0.5, 0.6) is 5.75 Å². The summed E-state index contributed by atoms with van der Waals surface area (Å²) in [7, 11) is 1.60. The third-order valence-corrected chi connectivity index (χ3v) is 4.28. The van der Waals surface area contributed by atoms with Crippen LogP contribution in [0, 0.1) is 0 Å². The van der Waals surface area contributed by atoms with E-state index in [9.17, 15) is 4.79 Å². The molecule has 0 saturated carbocycles. The van der Waals surface area contributed by atoms with Gasteiger partial charge in [-0.25, -0.2) is 0 Å². The standard InChI is InChI=1S/C16H22N2O3/c1-20-14-6-2-4-12(8-14)16(19)17-9-15-10-18-7-3-5-13(18)11-21-15/h2,4,6,8,13,15H,3,5,7,9-11H2,1H3,(H,17,19)/t13-,15+/m0/s1. The molecule has 2 fully saturated rings. The van der Waals surface area contributed by atoms with E-state index in [1.807, 2.05) is 12.1 Å². The van der Waals surface area contributed by atoms with Gasteiger partial charge in [0.25, 0.3) is 5.91 Å². The highest BCUT2D eigenvalue weighted by atomic mass is 16.5. The summed E-state index contributed by atoms with van der Waals surface area (Å²) in [5, 5.41) is 2.95. The van der Waals surface area contributed by atoms with Crippen LogP contribution >= 0.6 is 0 Å². The number of nitrogens with one attached hydrogen (secondary N) is 1. The van der Waals surface area contributed by atoms with E-state index < -0.39 is 0 Å². The van der Waals surface area contributed by atoms with Crippen molar-refractivity contribution in [3.8, 4) is 5.75 Å². The maximum atomic E-state index is 12.1. The van der Waals surface area contributed by atoms with E-state index >= 15 is 0 Å². The molecule has 0 radical (unpaired) electrons. The Morgan fingerprint density at radius 3 is 3.29 bits per heavy atom. The lowest BCUT2D eigenvalue weighted by molar-refractivity contribution is -0.0461. The van der Waals surface area contributed by atoms with E-state index in [0.29, 0.717) is 23.9 Å². The molecule has 1 aromatic rings. The Morgan fingerprint density at radius 2 is 2.43 bits per heavy atom. The zero-order valence-electron chi connectivity index (χ0n) is 12.4.